The smallest absolute Gasteiger partial charge is 0.147 e. The maximum atomic E-state index is 13.8. The summed E-state index contributed by atoms with van der Waals surface area (Å²) in [6.07, 6.45) is 0.696. The Balaban J connectivity index is 2.26. The fraction of sp³-hybridized carbons (Fsp3) is 0.200. The number of anilines is 1. The van der Waals surface area contributed by atoms with E-state index in [4.69, 9.17) is 0 Å². The molecule has 1 unspecified atom stereocenters. The highest BCUT2D eigenvalue weighted by atomic mass is 79.9. The van der Waals surface area contributed by atoms with Crippen molar-refractivity contribution in [3.63, 3.8) is 0 Å². The standard InChI is InChI=1S/C15H14BrF2NO/c1-2-14(9-3-5-10(20)6-4-9)19-15-8-12(17)11(16)7-13(15)18/h3-8,14,19-20H,2H2,1H3. The molecule has 2 nitrogen and oxygen atoms in total. The number of hydrogen-bond acceptors (Lipinski definition) is 2. The zero-order valence-electron chi connectivity index (χ0n) is 10.8. The molecular formula is C15H14BrF2NO. The molecule has 0 saturated heterocycles. The van der Waals surface area contributed by atoms with Crippen LogP contribution in [0.5, 0.6) is 5.75 Å². The van der Waals surface area contributed by atoms with Gasteiger partial charge in [-0.3, -0.25) is 0 Å². The summed E-state index contributed by atoms with van der Waals surface area (Å²) in [6, 6.07) is 8.71. The number of rotatable bonds is 4. The molecular weight excluding hydrogens is 328 g/mol. The van der Waals surface area contributed by atoms with Crippen LogP contribution >= 0.6 is 15.9 Å². The fourth-order valence-corrected chi connectivity index (χ4v) is 2.26. The van der Waals surface area contributed by atoms with Crippen LogP contribution in [0.2, 0.25) is 0 Å². The second-order valence-electron chi connectivity index (χ2n) is 4.44. The highest BCUT2D eigenvalue weighted by Crippen LogP contribution is 2.28. The number of nitrogens with one attached hydrogen (secondary N) is 1. The first-order valence-electron chi connectivity index (χ1n) is 6.21. The van der Waals surface area contributed by atoms with Crippen molar-refractivity contribution >= 4 is 21.6 Å². The molecule has 0 radical (unpaired) electrons. The summed E-state index contributed by atoms with van der Waals surface area (Å²) in [5.74, 6) is -0.866. The molecule has 0 aliphatic heterocycles. The summed E-state index contributed by atoms with van der Waals surface area (Å²) < 4.78 is 27.4. The quantitative estimate of drug-likeness (QED) is 0.767. The Morgan fingerprint density at radius 3 is 2.40 bits per heavy atom. The Bertz CT molecular complexity index is 602. The van der Waals surface area contributed by atoms with Crippen molar-refractivity contribution in [1.82, 2.24) is 0 Å². The number of aromatic hydroxyl groups is 1. The topological polar surface area (TPSA) is 32.3 Å². The van der Waals surface area contributed by atoms with E-state index in [2.05, 4.69) is 21.2 Å². The molecule has 0 fully saturated rings. The minimum Gasteiger partial charge on any atom is -0.508 e. The van der Waals surface area contributed by atoms with E-state index in [1.807, 2.05) is 6.92 Å². The van der Waals surface area contributed by atoms with Crippen LogP contribution in [0.1, 0.15) is 24.9 Å². The minimum atomic E-state index is -0.519. The van der Waals surface area contributed by atoms with Gasteiger partial charge in [0.2, 0.25) is 0 Å². The molecule has 0 heterocycles. The molecule has 5 heteroatoms. The molecule has 0 saturated carbocycles. The lowest BCUT2D eigenvalue weighted by Crippen LogP contribution is -2.11. The van der Waals surface area contributed by atoms with E-state index in [0.29, 0.717) is 6.42 Å². The van der Waals surface area contributed by atoms with Gasteiger partial charge in [-0.2, -0.15) is 0 Å². The van der Waals surface area contributed by atoms with Gasteiger partial charge < -0.3 is 10.4 Å². The predicted molar refractivity (Wildman–Crippen MR) is 78.8 cm³/mol. The maximum absolute atomic E-state index is 13.8. The first-order chi connectivity index (χ1) is 9.51. The zero-order chi connectivity index (χ0) is 14.7. The van der Waals surface area contributed by atoms with E-state index >= 15 is 0 Å². The Labute approximate surface area is 124 Å². The van der Waals surface area contributed by atoms with E-state index in [1.165, 1.54) is 0 Å². The van der Waals surface area contributed by atoms with Crippen LogP contribution in [-0.2, 0) is 0 Å². The number of phenols is 1. The molecule has 106 valence electrons. The average molecular weight is 342 g/mol. The zero-order valence-corrected chi connectivity index (χ0v) is 12.4. The third kappa shape index (κ3) is 3.28. The normalized spacial score (nSPS) is 12.2. The third-order valence-corrected chi connectivity index (χ3v) is 3.65. The monoisotopic (exact) mass is 341 g/mol. The first kappa shape index (κ1) is 14.8. The molecule has 1 atom stereocenters. The maximum Gasteiger partial charge on any atom is 0.147 e. The summed E-state index contributed by atoms with van der Waals surface area (Å²) >= 11 is 2.95. The number of phenolic OH excluding ortho intramolecular Hbond substituents is 1. The largest absolute Gasteiger partial charge is 0.508 e. The molecule has 0 aliphatic carbocycles. The molecule has 0 aliphatic rings. The van der Waals surface area contributed by atoms with Gasteiger partial charge in [0.15, 0.2) is 0 Å². The van der Waals surface area contributed by atoms with Gasteiger partial charge in [-0.15, -0.1) is 0 Å². The summed E-state index contributed by atoms with van der Waals surface area (Å²) in [5.41, 5.74) is 1.01. The van der Waals surface area contributed by atoms with Gasteiger partial charge in [0.25, 0.3) is 0 Å². The second-order valence-corrected chi connectivity index (χ2v) is 5.30. The average Bonchev–Trinajstić information content (AvgIpc) is 2.42. The van der Waals surface area contributed by atoms with Crippen LogP contribution < -0.4 is 5.32 Å². The van der Waals surface area contributed by atoms with Crippen molar-refractivity contribution in [2.75, 3.05) is 5.32 Å². The van der Waals surface area contributed by atoms with Gasteiger partial charge in [0.05, 0.1) is 16.2 Å². The molecule has 0 aromatic heterocycles. The van der Waals surface area contributed by atoms with Gasteiger partial charge in [0, 0.05) is 6.07 Å². The van der Waals surface area contributed by atoms with E-state index in [0.717, 1.165) is 17.7 Å². The number of benzene rings is 2. The second kappa shape index (κ2) is 6.22. The van der Waals surface area contributed by atoms with Crippen molar-refractivity contribution < 1.29 is 13.9 Å². The molecule has 0 spiro atoms. The van der Waals surface area contributed by atoms with Crippen LogP contribution in [0, 0.1) is 11.6 Å². The van der Waals surface area contributed by atoms with Crippen molar-refractivity contribution in [2.24, 2.45) is 0 Å². The minimum absolute atomic E-state index is 0.0956. The molecule has 0 bridgehead atoms. The van der Waals surface area contributed by atoms with Crippen LogP contribution in [0.4, 0.5) is 14.5 Å². The molecule has 0 amide bonds. The molecule has 2 aromatic carbocycles. The molecule has 2 N–H and O–H groups in total. The lowest BCUT2D eigenvalue weighted by atomic mass is 10.0. The Morgan fingerprint density at radius 1 is 1.15 bits per heavy atom. The van der Waals surface area contributed by atoms with Crippen LogP contribution in [0.25, 0.3) is 0 Å². The highest BCUT2D eigenvalue weighted by Gasteiger charge is 2.14. The number of hydrogen-bond donors (Lipinski definition) is 2. The summed E-state index contributed by atoms with van der Waals surface area (Å²) in [5, 5.41) is 12.3. The predicted octanol–water partition coefficient (Wildman–Crippen LogP) is 5.00. The lowest BCUT2D eigenvalue weighted by Gasteiger charge is -2.19. The van der Waals surface area contributed by atoms with E-state index < -0.39 is 11.6 Å². The van der Waals surface area contributed by atoms with E-state index in [1.54, 1.807) is 24.3 Å². The molecule has 2 aromatic rings. The van der Waals surface area contributed by atoms with E-state index in [9.17, 15) is 13.9 Å². The Kier molecular flexibility index (Phi) is 4.60. The first-order valence-corrected chi connectivity index (χ1v) is 7.00. The SMILES string of the molecule is CCC(Nc1cc(F)c(Br)cc1F)c1ccc(O)cc1. The van der Waals surface area contributed by atoms with Crippen LogP contribution in [0.3, 0.4) is 0 Å². The van der Waals surface area contributed by atoms with E-state index in [-0.39, 0.29) is 22.0 Å². The van der Waals surface area contributed by atoms with Crippen LogP contribution in [0.15, 0.2) is 40.9 Å². The van der Waals surface area contributed by atoms with Crippen LogP contribution in [-0.4, -0.2) is 5.11 Å². The van der Waals surface area contributed by atoms with Crippen molar-refractivity contribution in [1.29, 1.82) is 0 Å². The van der Waals surface area contributed by atoms with Gasteiger partial charge in [-0.05, 0) is 46.1 Å². The third-order valence-electron chi connectivity index (χ3n) is 3.04. The Hall–Kier alpha value is -1.62. The summed E-state index contributed by atoms with van der Waals surface area (Å²) in [6.45, 7) is 1.94. The number of halogens is 3. The van der Waals surface area contributed by atoms with Gasteiger partial charge in [-0.1, -0.05) is 19.1 Å². The summed E-state index contributed by atoms with van der Waals surface area (Å²) in [4.78, 5) is 0. The lowest BCUT2D eigenvalue weighted by molar-refractivity contribution is 0.475. The fourth-order valence-electron chi connectivity index (χ4n) is 1.95. The van der Waals surface area contributed by atoms with Gasteiger partial charge in [-0.25, -0.2) is 8.78 Å². The summed E-state index contributed by atoms with van der Waals surface area (Å²) in [7, 11) is 0. The molecule has 20 heavy (non-hydrogen) atoms. The Morgan fingerprint density at radius 2 is 1.80 bits per heavy atom. The highest BCUT2D eigenvalue weighted by molar-refractivity contribution is 9.10. The van der Waals surface area contributed by atoms with Crippen molar-refractivity contribution in [2.45, 2.75) is 19.4 Å². The van der Waals surface area contributed by atoms with Crippen molar-refractivity contribution in [3.05, 3.63) is 58.1 Å². The molecule has 2 rings (SSSR count). The van der Waals surface area contributed by atoms with Gasteiger partial charge >= 0.3 is 0 Å². The van der Waals surface area contributed by atoms with Crippen molar-refractivity contribution in [3.8, 4) is 5.75 Å². The van der Waals surface area contributed by atoms with Gasteiger partial charge in [0.1, 0.15) is 17.4 Å².